The highest BCUT2D eigenvalue weighted by Gasteiger charge is 2.24. The van der Waals surface area contributed by atoms with Gasteiger partial charge in [-0.3, -0.25) is 9.59 Å². The number of aliphatic carboxylic acids is 1. The molecular weight excluding hydrogens is 292 g/mol. The van der Waals surface area contributed by atoms with Crippen molar-refractivity contribution in [2.45, 2.75) is 19.3 Å². The number of hydrogen-bond acceptors (Lipinski definition) is 3. The second-order valence-corrected chi connectivity index (χ2v) is 5.70. The number of hydrogen-bond donors (Lipinski definition) is 2. The summed E-state index contributed by atoms with van der Waals surface area (Å²) in [6.45, 7) is 2.14. The minimum absolute atomic E-state index is 0.0438. The Kier molecular flexibility index (Phi) is 5.59. The molecule has 2 rings (SSSR count). The third-order valence-corrected chi connectivity index (χ3v) is 3.97. The van der Waals surface area contributed by atoms with Gasteiger partial charge in [0, 0.05) is 23.7 Å². The van der Waals surface area contributed by atoms with Crippen molar-refractivity contribution < 1.29 is 14.7 Å². The molecular formula is C15H19ClN2O3. The van der Waals surface area contributed by atoms with E-state index in [0.29, 0.717) is 30.8 Å². The molecule has 0 unspecified atom stereocenters. The van der Waals surface area contributed by atoms with Crippen LogP contribution in [0.15, 0.2) is 24.3 Å². The Hall–Kier alpha value is -1.59. The SMILES string of the molecule is O=C(CCN1CCC(C(=O)O)CC1)Nc1ccc(Cl)cc1. The van der Waals surface area contributed by atoms with Gasteiger partial charge in [-0.15, -0.1) is 0 Å². The Morgan fingerprint density at radius 1 is 1.24 bits per heavy atom. The first-order valence-corrected chi connectivity index (χ1v) is 7.43. The van der Waals surface area contributed by atoms with Crippen LogP contribution in [0, 0.1) is 5.92 Å². The minimum atomic E-state index is -0.713. The van der Waals surface area contributed by atoms with Crippen molar-refractivity contribution in [1.29, 1.82) is 0 Å². The molecule has 1 saturated heterocycles. The molecule has 21 heavy (non-hydrogen) atoms. The van der Waals surface area contributed by atoms with Crippen LogP contribution in [0.2, 0.25) is 5.02 Å². The third-order valence-electron chi connectivity index (χ3n) is 3.72. The molecule has 1 aliphatic rings. The van der Waals surface area contributed by atoms with Crippen molar-refractivity contribution in [2.75, 3.05) is 25.0 Å². The molecule has 6 heteroatoms. The van der Waals surface area contributed by atoms with Crippen LogP contribution in [0.5, 0.6) is 0 Å². The van der Waals surface area contributed by atoms with Crippen LogP contribution in [0.3, 0.4) is 0 Å². The summed E-state index contributed by atoms with van der Waals surface area (Å²) in [6.07, 6.45) is 1.72. The number of nitrogens with zero attached hydrogens (tertiary/aromatic N) is 1. The molecule has 1 amide bonds. The first kappa shape index (κ1) is 15.8. The molecule has 1 fully saturated rings. The number of carbonyl (C=O) groups is 2. The van der Waals surface area contributed by atoms with Gasteiger partial charge in [0.25, 0.3) is 0 Å². The molecule has 2 N–H and O–H groups in total. The van der Waals surface area contributed by atoms with Gasteiger partial charge in [0.15, 0.2) is 0 Å². The summed E-state index contributed by atoms with van der Waals surface area (Å²) in [6, 6.07) is 6.98. The predicted molar refractivity (Wildman–Crippen MR) is 81.5 cm³/mol. The van der Waals surface area contributed by atoms with Crippen molar-refractivity contribution in [3.8, 4) is 0 Å². The Bertz CT molecular complexity index is 496. The number of anilines is 1. The molecule has 0 saturated carbocycles. The average Bonchev–Trinajstić information content (AvgIpc) is 2.48. The maximum absolute atomic E-state index is 11.8. The number of piperidine rings is 1. The van der Waals surface area contributed by atoms with Crippen molar-refractivity contribution in [1.82, 2.24) is 4.90 Å². The topological polar surface area (TPSA) is 69.6 Å². The zero-order valence-electron chi connectivity index (χ0n) is 11.7. The van der Waals surface area contributed by atoms with Crippen LogP contribution in [0.1, 0.15) is 19.3 Å². The smallest absolute Gasteiger partial charge is 0.306 e. The van der Waals surface area contributed by atoms with Crippen LogP contribution < -0.4 is 5.32 Å². The summed E-state index contributed by atoms with van der Waals surface area (Å²) in [7, 11) is 0. The van der Waals surface area contributed by atoms with Gasteiger partial charge in [0.1, 0.15) is 0 Å². The standard InChI is InChI=1S/C15H19ClN2O3/c16-12-1-3-13(4-2-12)17-14(19)7-10-18-8-5-11(6-9-18)15(20)21/h1-4,11H,5-10H2,(H,17,19)(H,20,21). The summed E-state index contributed by atoms with van der Waals surface area (Å²) >= 11 is 5.78. The molecule has 1 aromatic carbocycles. The lowest BCUT2D eigenvalue weighted by molar-refractivity contribution is -0.143. The molecule has 0 bridgehead atoms. The number of benzene rings is 1. The Balaban J connectivity index is 1.70. The average molecular weight is 311 g/mol. The third kappa shape index (κ3) is 5.02. The number of likely N-dealkylation sites (tertiary alicyclic amines) is 1. The zero-order chi connectivity index (χ0) is 15.2. The van der Waals surface area contributed by atoms with Gasteiger partial charge in [-0.05, 0) is 50.2 Å². The summed E-state index contributed by atoms with van der Waals surface area (Å²) in [5.41, 5.74) is 0.731. The zero-order valence-corrected chi connectivity index (χ0v) is 12.5. The molecule has 0 spiro atoms. The molecule has 0 aliphatic carbocycles. The van der Waals surface area contributed by atoms with Gasteiger partial charge >= 0.3 is 5.97 Å². The summed E-state index contributed by atoms with van der Waals surface area (Å²) < 4.78 is 0. The van der Waals surface area contributed by atoms with Crippen LogP contribution >= 0.6 is 11.6 Å². The minimum Gasteiger partial charge on any atom is -0.481 e. The van der Waals surface area contributed by atoms with E-state index in [1.54, 1.807) is 24.3 Å². The second kappa shape index (κ2) is 7.43. The first-order valence-electron chi connectivity index (χ1n) is 7.05. The van der Waals surface area contributed by atoms with E-state index in [0.717, 1.165) is 18.8 Å². The number of carboxylic acids is 1. The molecule has 0 radical (unpaired) electrons. The maximum Gasteiger partial charge on any atom is 0.306 e. The largest absolute Gasteiger partial charge is 0.481 e. The Morgan fingerprint density at radius 2 is 1.86 bits per heavy atom. The van der Waals surface area contributed by atoms with E-state index < -0.39 is 5.97 Å². The van der Waals surface area contributed by atoms with E-state index in [4.69, 9.17) is 16.7 Å². The molecule has 5 nitrogen and oxygen atoms in total. The molecule has 0 aromatic heterocycles. The highest BCUT2D eigenvalue weighted by atomic mass is 35.5. The van der Waals surface area contributed by atoms with E-state index in [-0.39, 0.29) is 11.8 Å². The highest BCUT2D eigenvalue weighted by Crippen LogP contribution is 2.17. The van der Waals surface area contributed by atoms with E-state index in [9.17, 15) is 9.59 Å². The lowest BCUT2D eigenvalue weighted by Gasteiger charge is -2.29. The summed E-state index contributed by atoms with van der Waals surface area (Å²) in [5, 5.41) is 12.4. The number of rotatable bonds is 5. The molecule has 1 heterocycles. The van der Waals surface area contributed by atoms with Gasteiger partial charge in [-0.1, -0.05) is 11.6 Å². The molecule has 114 valence electrons. The van der Waals surface area contributed by atoms with Crippen molar-refractivity contribution in [3.63, 3.8) is 0 Å². The fourth-order valence-corrected chi connectivity index (χ4v) is 2.55. The van der Waals surface area contributed by atoms with Crippen LogP contribution in [-0.4, -0.2) is 41.5 Å². The van der Waals surface area contributed by atoms with E-state index in [1.807, 2.05) is 0 Å². The highest BCUT2D eigenvalue weighted by molar-refractivity contribution is 6.30. The maximum atomic E-state index is 11.8. The van der Waals surface area contributed by atoms with E-state index in [1.165, 1.54) is 0 Å². The molecule has 1 aliphatic heterocycles. The van der Waals surface area contributed by atoms with E-state index >= 15 is 0 Å². The number of nitrogens with one attached hydrogen (secondary N) is 1. The van der Waals surface area contributed by atoms with Gasteiger partial charge in [0.2, 0.25) is 5.91 Å². The number of amides is 1. The Labute approximate surface area is 128 Å². The predicted octanol–water partition coefficient (Wildman–Crippen LogP) is 2.47. The normalized spacial score (nSPS) is 16.6. The lowest BCUT2D eigenvalue weighted by Crippen LogP contribution is -2.37. The van der Waals surface area contributed by atoms with Crippen LogP contribution in [-0.2, 0) is 9.59 Å². The van der Waals surface area contributed by atoms with Crippen LogP contribution in [0.4, 0.5) is 5.69 Å². The lowest BCUT2D eigenvalue weighted by atomic mass is 9.97. The number of halogens is 1. The number of carboxylic acid groups (broad SMARTS) is 1. The number of carbonyl (C=O) groups excluding carboxylic acids is 1. The van der Waals surface area contributed by atoms with Crippen molar-refractivity contribution >= 4 is 29.2 Å². The van der Waals surface area contributed by atoms with Crippen molar-refractivity contribution in [2.24, 2.45) is 5.92 Å². The fourth-order valence-electron chi connectivity index (χ4n) is 2.42. The fraction of sp³-hybridized carbons (Fsp3) is 0.467. The monoisotopic (exact) mass is 310 g/mol. The van der Waals surface area contributed by atoms with Crippen LogP contribution in [0.25, 0.3) is 0 Å². The van der Waals surface area contributed by atoms with Gasteiger partial charge in [-0.2, -0.15) is 0 Å². The summed E-state index contributed by atoms with van der Waals surface area (Å²) in [4.78, 5) is 24.8. The molecule has 0 atom stereocenters. The van der Waals surface area contributed by atoms with E-state index in [2.05, 4.69) is 10.2 Å². The molecule has 1 aromatic rings. The van der Waals surface area contributed by atoms with Gasteiger partial charge < -0.3 is 15.3 Å². The van der Waals surface area contributed by atoms with Gasteiger partial charge in [-0.25, -0.2) is 0 Å². The quantitative estimate of drug-likeness (QED) is 0.876. The Morgan fingerprint density at radius 3 is 2.43 bits per heavy atom. The first-order chi connectivity index (χ1) is 10.0. The second-order valence-electron chi connectivity index (χ2n) is 5.26. The van der Waals surface area contributed by atoms with Crippen molar-refractivity contribution in [3.05, 3.63) is 29.3 Å². The summed E-state index contributed by atoms with van der Waals surface area (Å²) in [5.74, 6) is -0.989. The van der Waals surface area contributed by atoms with Gasteiger partial charge in [0.05, 0.1) is 5.92 Å².